The number of fused-ring (bicyclic) bond motifs is 5. The Labute approximate surface area is 195 Å². The lowest BCUT2D eigenvalue weighted by molar-refractivity contribution is 0.00200. The number of hydrogen-bond donors (Lipinski definition) is 0. The smallest absolute Gasteiger partial charge is 0.268 e. The lowest BCUT2D eigenvalue weighted by Crippen LogP contribution is -2.28. The average molecular weight is 469 g/mol. The van der Waals surface area contributed by atoms with Crippen LogP contribution in [0, 0.1) is 12.8 Å². The number of ether oxygens (including phenoxy) is 1. The van der Waals surface area contributed by atoms with Gasteiger partial charge in [0.2, 0.25) is 5.78 Å². The number of aryl methyl sites for hydroxylation is 1. The molecule has 3 aromatic heterocycles. The first-order valence-corrected chi connectivity index (χ1v) is 13.1. The minimum atomic E-state index is -0.0162. The van der Waals surface area contributed by atoms with E-state index in [0.29, 0.717) is 18.3 Å². The second-order valence-corrected chi connectivity index (χ2v) is 10.9. The molecule has 4 aromatic rings. The highest BCUT2D eigenvalue weighted by molar-refractivity contribution is 7.99. The van der Waals surface area contributed by atoms with Crippen molar-refractivity contribution in [3.05, 3.63) is 50.6 Å². The predicted molar refractivity (Wildman–Crippen MR) is 131 cm³/mol. The van der Waals surface area contributed by atoms with Crippen LogP contribution in [-0.2, 0) is 17.8 Å². The van der Waals surface area contributed by atoms with Crippen LogP contribution in [0.3, 0.4) is 0 Å². The molecule has 168 valence electrons. The van der Waals surface area contributed by atoms with E-state index in [2.05, 4.69) is 35.4 Å². The van der Waals surface area contributed by atoms with Crippen LogP contribution in [0.25, 0.3) is 21.7 Å². The van der Waals surface area contributed by atoms with Gasteiger partial charge >= 0.3 is 0 Å². The summed E-state index contributed by atoms with van der Waals surface area (Å²) in [6, 6.07) is 8.02. The Hall–Kier alpha value is -2.16. The van der Waals surface area contributed by atoms with Gasteiger partial charge in [0.25, 0.3) is 5.56 Å². The number of benzene rings is 1. The minimum absolute atomic E-state index is 0.0162. The molecule has 4 heterocycles. The second kappa shape index (κ2) is 8.65. The Morgan fingerprint density at radius 2 is 2.16 bits per heavy atom. The third kappa shape index (κ3) is 3.58. The third-order valence-electron chi connectivity index (χ3n) is 6.07. The predicted octanol–water partition coefficient (Wildman–Crippen LogP) is 5.39. The van der Waals surface area contributed by atoms with E-state index in [4.69, 9.17) is 4.74 Å². The zero-order valence-electron chi connectivity index (χ0n) is 18.9. The standard InChI is InChI=1S/C24H28N4O2S2/c1-5-6-10-31-24-26-25-23-27(16-9-7-8-15(4)11-16)21(29)20-17-12-18(14(2)3)30-13-19(17)32-22(20)28(23)24/h7-9,11,14,18H,5-6,10,12-13H2,1-4H3/t18-/m1/s1. The summed E-state index contributed by atoms with van der Waals surface area (Å²) in [4.78, 5) is 16.1. The van der Waals surface area contributed by atoms with E-state index in [9.17, 15) is 4.79 Å². The molecule has 0 saturated heterocycles. The van der Waals surface area contributed by atoms with E-state index in [1.54, 1.807) is 27.7 Å². The molecule has 0 unspecified atom stereocenters. The van der Waals surface area contributed by atoms with E-state index >= 15 is 0 Å². The normalized spacial score (nSPS) is 16.3. The minimum Gasteiger partial charge on any atom is -0.372 e. The Morgan fingerprint density at radius 3 is 2.91 bits per heavy atom. The Balaban J connectivity index is 1.82. The first-order valence-electron chi connectivity index (χ1n) is 11.3. The molecule has 0 aliphatic carbocycles. The molecular weight excluding hydrogens is 440 g/mol. The number of thiophene rings is 1. The first-order chi connectivity index (χ1) is 15.5. The van der Waals surface area contributed by atoms with Crippen LogP contribution in [0.2, 0.25) is 0 Å². The number of aromatic nitrogens is 4. The number of unbranched alkanes of at least 4 members (excludes halogenated alkanes) is 1. The molecule has 1 atom stereocenters. The van der Waals surface area contributed by atoms with E-state index < -0.39 is 0 Å². The summed E-state index contributed by atoms with van der Waals surface area (Å²) in [5, 5.41) is 10.6. The molecule has 5 rings (SSSR count). The number of thioether (sulfide) groups is 1. The molecule has 0 saturated carbocycles. The largest absolute Gasteiger partial charge is 0.372 e. The molecule has 0 N–H and O–H groups in total. The third-order valence-corrected chi connectivity index (χ3v) is 8.28. The molecule has 8 heteroatoms. The van der Waals surface area contributed by atoms with E-state index in [1.165, 1.54) is 0 Å². The van der Waals surface area contributed by atoms with Crippen molar-refractivity contribution in [2.24, 2.45) is 5.92 Å². The van der Waals surface area contributed by atoms with Gasteiger partial charge in [0.05, 0.1) is 23.8 Å². The van der Waals surface area contributed by atoms with Crippen molar-refractivity contribution in [2.45, 2.75) is 64.8 Å². The van der Waals surface area contributed by atoms with Crippen LogP contribution in [0.1, 0.15) is 49.6 Å². The molecule has 1 aliphatic rings. The first kappa shape index (κ1) is 21.7. The van der Waals surface area contributed by atoms with Gasteiger partial charge in [-0.3, -0.25) is 4.79 Å². The van der Waals surface area contributed by atoms with Gasteiger partial charge in [0.1, 0.15) is 4.83 Å². The summed E-state index contributed by atoms with van der Waals surface area (Å²) in [7, 11) is 0. The van der Waals surface area contributed by atoms with Gasteiger partial charge in [0, 0.05) is 17.1 Å². The maximum Gasteiger partial charge on any atom is 0.268 e. The molecular formula is C24H28N4O2S2. The number of nitrogens with zero attached hydrogens (tertiary/aromatic N) is 4. The van der Waals surface area contributed by atoms with Gasteiger partial charge in [-0.25, -0.2) is 8.97 Å². The van der Waals surface area contributed by atoms with Crippen LogP contribution in [0.5, 0.6) is 0 Å². The van der Waals surface area contributed by atoms with Crippen molar-refractivity contribution in [2.75, 3.05) is 5.75 Å². The fourth-order valence-corrected chi connectivity index (χ4v) is 6.58. The molecule has 6 nitrogen and oxygen atoms in total. The Morgan fingerprint density at radius 1 is 1.31 bits per heavy atom. The lowest BCUT2D eigenvalue weighted by atomic mass is 9.96. The maximum absolute atomic E-state index is 14.0. The quantitative estimate of drug-likeness (QED) is 0.280. The Kier molecular flexibility index (Phi) is 5.86. The average Bonchev–Trinajstić information content (AvgIpc) is 3.35. The summed E-state index contributed by atoms with van der Waals surface area (Å²) >= 11 is 3.36. The lowest BCUT2D eigenvalue weighted by Gasteiger charge is -2.26. The molecule has 0 spiro atoms. The Bertz CT molecular complexity index is 1350. The van der Waals surface area contributed by atoms with Crippen molar-refractivity contribution in [1.82, 2.24) is 19.2 Å². The van der Waals surface area contributed by atoms with E-state index in [0.717, 1.165) is 62.1 Å². The van der Waals surface area contributed by atoms with Gasteiger partial charge in [-0.15, -0.1) is 21.5 Å². The van der Waals surface area contributed by atoms with Gasteiger partial charge < -0.3 is 4.74 Å². The monoisotopic (exact) mass is 468 g/mol. The van der Waals surface area contributed by atoms with Crippen LogP contribution >= 0.6 is 23.1 Å². The van der Waals surface area contributed by atoms with Crippen molar-refractivity contribution in [3.8, 4) is 5.69 Å². The summed E-state index contributed by atoms with van der Waals surface area (Å²) in [6.07, 6.45) is 3.14. The van der Waals surface area contributed by atoms with Gasteiger partial charge in [0.15, 0.2) is 5.16 Å². The fraction of sp³-hybridized carbons (Fsp3) is 0.458. The fourth-order valence-electron chi connectivity index (χ4n) is 4.27. The summed E-state index contributed by atoms with van der Waals surface area (Å²) in [6.45, 7) is 9.14. The van der Waals surface area contributed by atoms with Crippen LogP contribution in [0.15, 0.2) is 34.2 Å². The molecule has 1 aromatic carbocycles. The van der Waals surface area contributed by atoms with Crippen molar-refractivity contribution < 1.29 is 4.74 Å². The summed E-state index contributed by atoms with van der Waals surface area (Å²) in [5.41, 5.74) is 3.05. The summed E-state index contributed by atoms with van der Waals surface area (Å²) in [5.74, 6) is 1.95. The van der Waals surface area contributed by atoms with Gasteiger partial charge in [-0.2, -0.15) is 0 Å². The van der Waals surface area contributed by atoms with Gasteiger partial charge in [-0.05, 0) is 42.5 Å². The van der Waals surface area contributed by atoms with Crippen LogP contribution in [-0.4, -0.2) is 31.0 Å². The summed E-state index contributed by atoms with van der Waals surface area (Å²) < 4.78 is 9.95. The zero-order valence-corrected chi connectivity index (χ0v) is 20.6. The number of hydrogen-bond acceptors (Lipinski definition) is 6. The molecule has 0 fully saturated rings. The van der Waals surface area contributed by atoms with Crippen molar-refractivity contribution >= 4 is 39.1 Å². The zero-order chi connectivity index (χ0) is 22.4. The van der Waals surface area contributed by atoms with E-state index in [1.807, 2.05) is 31.2 Å². The van der Waals surface area contributed by atoms with Gasteiger partial charge in [-0.1, -0.05) is 51.1 Å². The number of rotatable bonds is 6. The molecule has 0 radical (unpaired) electrons. The SMILES string of the molecule is CCCCSc1nnc2n(-c3cccc(C)c3)c(=O)c3c4c(sc3n12)CO[C@@H](C(C)C)C4. The highest BCUT2D eigenvalue weighted by Crippen LogP contribution is 2.37. The molecule has 0 amide bonds. The van der Waals surface area contributed by atoms with Crippen LogP contribution in [0.4, 0.5) is 0 Å². The topological polar surface area (TPSA) is 61.4 Å². The van der Waals surface area contributed by atoms with Crippen LogP contribution < -0.4 is 5.56 Å². The molecule has 1 aliphatic heterocycles. The maximum atomic E-state index is 14.0. The van der Waals surface area contributed by atoms with E-state index in [-0.39, 0.29) is 11.7 Å². The molecule has 32 heavy (non-hydrogen) atoms. The molecule has 0 bridgehead atoms. The highest BCUT2D eigenvalue weighted by atomic mass is 32.2. The highest BCUT2D eigenvalue weighted by Gasteiger charge is 2.30. The second-order valence-electron chi connectivity index (χ2n) is 8.78. The van der Waals surface area contributed by atoms with Crippen molar-refractivity contribution in [1.29, 1.82) is 0 Å². The van der Waals surface area contributed by atoms with Crippen molar-refractivity contribution in [3.63, 3.8) is 0 Å².